The summed E-state index contributed by atoms with van der Waals surface area (Å²) in [7, 11) is 0. The van der Waals surface area contributed by atoms with E-state index < -0.39 is 0 Å². The van der Waals surface area contributed by atoms with Gasteiger partial charge in [-0.05, 0) is 61.7 Å². The summed E-state index contributed by atoms with van der Waals surface area (Å²) in [6.07, 6.45) is 8.02. The average molecular weight is 506 g/mol. The molecule has 1 aliphatic heterocycles. The molecule has 7 heteroatoms. The molecule has 0 N–H and O–H groups in total. The van der Waals surface area contributed by atoms with Crippen molar-refractivity contribution in [3.63, 3.8) is 0 Å². The van der Waals surface area contributed by atoms with E-state index in [4.69, 9.17) is 22.1 Å². The maximum atomic E-state index is 13.1. The molecule has 1 amide bonds. The van der Waals surface area contributed by atoms with E-state index in [1.807, 2.05) is 66.3 Å². The van der Waals surface area contributed by atoms with Crippen LogP contribution in [0.1, 0.15) is 50.7 Å². The van der Waals surface area contributed by atoms with Gasteiger partial charge in [-0.25, -0.2) is 4.68 Å². The second kappa shape index (κ2) is 11.7. The van der Waals surface area contributed by atoms with Crippen molar-refractivity contribution in [2.24, 2.45) is 0 Å². The molecule has 4 rings (SSSR count). The molecule has 0 saturated carbocycles. The van der Waals surface area contributed by atoms with E-state index in [1.54, 1.807) is 4.90 Å². The zero-order valence-electron chi connectivity index (χ0n) is 20.5. The maximum Gasteiger partial charge on any atom is 0.266 e. The van der Waals surface area contributed by atoms with Crippen LogP contribution in [0.25, 0.3) is 23.0 Å². The Bertz CT molecular complexity index is 1230. The minimum atomic E-state index is -0.0194. The minimum Gasteiger partial charge on any atom is -0.493 e. The predicted molar refractivity (Wildman–Crippen MR) is 149 cm³/mol. The fourth-order valence-electron chi connectivity index (χ4n) is 3.95. The number of aromatic nitrogens is 2. The molecular weight excluding hydrogens is 474 g/mol. The second-order valence-electron chi connectivity index (χ2n) is 8.58. The number of unbranched alkanes of at least 4 members (excludes halogenated alkanes) is 2. The van der Waals surface area contributed by atoms with E-state index in [1.165, 1.54) is 11.8 Å². The quantitative estimate of drug-likeness (QED) is 0.168. The Labute approximate surface area is 217 Å². The average Bonchev–Trinajstić information content (AvgIpc) is 3.40. The number of rotatable bonds is 10. The monoisotopic (exact) mass is 505 g/mol. The number of carbonyl (C=O) groups excluding carboxylic acids is 1. The van der Waals surface area contributed by atoms with Gasteiger partial charge in [-0.3, -0.25) is 9.69 Å². The van der Waals surface area contributed by atoms with Crippen molar-refractivity contribution in [1.82, 2.24) is 14.7 Å². The Balaban J connectivity index is 1.71. The maximum absolute atomic E-state index is 13.1. The van der Waals surface area contributed by atoms with Crippen molar-refractivity contribution in [2.75, 3.05) is 13.2 Å². The van der Waals surface area contributed by atoms with Gasteiger partial charge < -0.3 is 4.74 Å². The molecule has 0 radical (unpaired) electrons. The molecule has 1 aromatic heterocycles. The van der Waals surface area contributed by atoms with Crippen LogP contribution in [0.4, 0.5) is 0 Å². The van der Waals surface area contributed by atoms with Gasteiger partial charge >= 0.3 is 0 Å². The Hall–Kier alpha value is -2.90. The van der Waals surface area contributed by atoms with Gasteiger partial charge in [-0.15, -0.1) is 0 Å². The largest absolute Gasteiger partial charge is 0.493 e. The molecule has 1 aliphatic rings. The molecule has 35 heavy (non-hydrogen) atoms. The summed E-state index contributed by atoms with van der Waals surface area (Å²) in [5.74, 6) is 0.863. The van der Waals surface area contributed by atoms with Crippen LogP contribution in [0.3, 0.4) is 0 Å². The summed E-state index contributed by atoms with van der Waals surface area (Å²) in [4.78, 5) is 15.5. The molecular formula is C28H31N3O2S2. The highest BCUT2D eigenvalue weighted by molar-refractivity contribution is 8.26. The van der Waals surface area contributed by atoms with Crippen LogP contribution in [-0.4, -0.2) is 38.1 Å². The van der Waals surface area contributed by atoms with E-state index in [2.05, 4.69) is 19.9 Å². The van der Waals surface area contributed by atoms with E-state index in [0.29, 0.717) is 22.4 Å². The molecule has 0 bridgehead atoms. The standard InChI is InChI=1S/C28H31N3O2S2/c1-4-6-10-15-30-27(32)25(35-28(30)34)18-22-19-31(23-11-8-7-9-12-23)29-26(22)21-13-14-24(20(3)17-21)33-16-5-2/h7-9,11-14,17-19H,4-6,10,15-16H2,1-3H3. The van der Waals surface area contributed by atoms with E-state index in [-0.39, 0.29) is 5.91 Å². The molecule has 3 aromatic rings. The lowest BCUT2D eigenvalue weighted by atomic mass is 10.0. The number of para-hydroxylation sites is 1. The predicted octanol–water partition coefficient (Wildman–Crippen LogP) is 7.03. The number of aryl methyl sites for hydroxylation is 1. The Morgan fingerprint density at radius 2 is 1.89 bits per heavy atom. The number of benzene rings is 2. The van der Waals surface area contributed by atoms with Gasteiger partial charge in [-0.1, -0.05) is 68.9 Å². The number of thiocarbonyl (C=S) groups is 1. The third-order valence-electron chi connectivity index (χ3n) is 5.82. The fourth-order valence-corrected chi connectivity index (χ4v) is 5.25. The van der Waals surface area contributed by atoms with Crippen molar-refractivity contribution >= 4 is 40.3 Å². The summed E-state index contributed by atoms with van der Waals surface area (Å²) < 4.78 is 8.35. The number of hydrogen-bond donors (Lipinski definition) is 0. The van der Waals surface area contributed by atoms with E-state index >= 15 is 0 Å². The van der Waals surface area contributed by atoms with Gasteiger partial charge in [0, 0.05) is 23.9 Å². The number of hydrogen-bond acceptors (Lipinski definition) is 5. The second-order valence-corrected chi connectivity index (χ2v) is 10.3. The van der Waals surface area contributed by atoms with Gasteiger partial charge in [0.15, 0.2) is 0 Å². The molecule has 5 nitrogen and oxygen atoms in total. The third-order valence-corrected chi connectivity index (χ3v) is 7.20. The van der Waals surface area contributed by atoms with Crippen LogP contribution >= 0.6 is 24.0 Å². The summed E-state index contributed by atoms with van der Waals surface area (Å²) >= 11 is 6.90. The van der Waals surface area contributed by atoms with Gasteiger partial charge in [0.2, 0.25) is 0 Å². The van der Waals surface area contributed by atoms with Crippen LogP contribution in [-0.2, 0) is 4.79 Å². The van der Waals surface area contributed by atoms with Crippen molar-refractivity contribution in [1.29, 1.82) is 0 Å². The lowest BCUT2D eigenvalue weighted by molar-refractivity contribution is -0.122. The van der Waals surface area contributed by atoms with Crippen LogP contribution in [0.5, 0.6) is 5.75 Å². The summed E-state index contributed by atoms with van der Waals surface area (Å²) in [6.45, 7) is 7.65. The Morgan fingerprint density at radius 1 is 1.09 bits per heavy atom. The molecule has 0 atom stereocenters. The topological polar surface area (TPSA) is 47.4 Å². The molecule has 2 aromatic carbocycles. The molecule has 0 unspecified atom stereocenters. The summed E-state index contributed by atoms with van der Waals surface area (Å²) in [6, 6.07) is 16.1. The number of carbonyl (C=O) groups is 1. The first-order valence-corrected chi connectivity index (χ1v) is 13.4. The highest BCUT2D eigenvalue weighted by atomic mass is 32.2. The summed E-state index contributed by atoms with van der Waals surface area (Å²) in [5.41, 5.74) is 4.68. The van der Waals surface area contributed by atoms with Crippen molar-refractivity contribution in [2.45, 2.75) is 46.5 Å². The minimum absolute atomic E-state index is 0.0194. The first-order chi connectivity index (χ1) is 17.0. The van der Waals surface area contributed by atoms with Crippen molar-refractivity contribution < 1.29 is 9.53 Å². The summed E-state index contributed by atoms with van der Waals surface area (Å²) in [5, 5.41) is 4.91. The zero-order valence-corrected chi connectivity index (χ0v) is 22.1. The van der Waals surface area contributed by atoms with Gasteiger partial charge in [0.05, 0.1) is 17.2 Å². The molecule has 182 valence electrons. The molecule has 2 heterocycles. The Morgan fingerprint density at radius 3 is 2.60 bits per heavy atom. The van der Waals surface area contributed by atoms with Crippen LogP contribution in [0.15, 0.2) is 59.6 Å². The molecule has 0 spiro atoms. The lowest BCUT2D eigenvalue weighted by Gasteiger charge is -2.13. The molecule has 1 saturated heterocycles. The highest BCUT2D eigenvalue weighted by Gasteiger charge is 2.32. The first-order valence-electron chi connectivity index (χ1n) is 12.2. The van der Waals surface area contributed by atoms with Crippen LogP contribution in [0.2, 0.25) is 0 Å². The van der Waals surface area contributed by atoms with Gasteiger partial charge in [0.1, 0.15) is 15.8 Å². The number of ether oxygens (including phenoxy) is 1. The fraction of sp³-hybridized carbons (Fsp3) is 0.321. The van der Waals surface area contributed by atoms with Gasteiger partial charge in [0.25, 0.3) is 5.91 Å². The molecule has 1 fully saturated rings. The Kier molecular flexibility index (Phi) is 8.42. The van der Waals surface area contributed by atoms with Crippen LogP contribution in [0, 0.1) is 6.92 Å². The van der Waals surface area contributed by atoms with E-state index in [9.17, 15) is 4.79 Å². The van der Waals surface area contributed by atoms with E-state index in [0.717, 1.165) is 59.5 Å². The number of thioether (sulfide) groups is 1. The SMILES string of the molecule is CCCCCN1C(=O)C(=Cc2cn(-c3ccccc3)nc2-c2ccc(OCCC)c(C)c2)SC1=S. The highest BCUT2D eigenvalue weighted by Crippen LogP contribution is 2.36. The normalized spacial score (nSPS) is 14.8. The smallest absolute Gasteiger partial charge is 0.266 e. The van der Waals surface area contributed by atoms with Crippen molar-refractivity contribution in [3.05, 3.63) is 70.8 Å². The van der Waals surface area contributed by atoms with Crippen molar-refractivity contribution in [3.8, 4) is 22.7 Å². The number of nitrogens with zero attached hydrogens (tertiary/aromatic N) is 3. The molecule has 0 aliphatic carbocycles. The lowest BCUT2D eigenvalue weighted by Crippen LogP contribution is -2.28. The third kappa shape index (κ3) is 5.85. The van der Waals surface area contributed by atoms with Crippen LogP contribution < -0.4 is 4.74 Å². The van der Waals surface area contributed by atoms with Gasteiger partial charge in [-0.2, -0.15) is 5.10 Å². The number of amides is 1. The first kappa shape index (κ1) is 25.2. The zero-order chi connectivity index (χ0) is 24.8.